The maximum absolute atomic E-state index is 14.0. The van der Waals surface area contributed by atoms with E-state index in [2.05, 4.69) is 10.00 Å². The van der Waals surface area contributed by atoms with Gasteiger partial charge in [-0.3, -0.25) is 14.5 Å². The molecule has 0 bridgehead atoms. The molecule has 2 amide bonds. The molecule has 0 spiro atoms. The molecule has 0 saturated carbocycles. The first-order chi connectivity index (χ1) is 14.0. The summed E-state index contributed by atoms with van der Waals surface area (Å²) in [5.41, 5.74) is 1.29. The average molecular weight is 399 g/mol. The Morgan fingerprint density at radius 2 is 1.86 bits per heavy atom. The lowest BCUT2D eigenvalue weighted by molar-refractivity contribution is -0.163. The molecule has 9 heteroatoms. The molecule has 1 aromatic heterocycles. The summed E-state index contributed by atoms with van der Waals surface area (Å²) in [7, 11) is 0. The average Bonchev–Trinajstić information content (AvgIpc) is 3.33. The topological polar surface area (TPSA) is 81.9 Å². The molecule has 8 nitrogen and oxygen atoms in total. The molecular weight excluding hydrogens is 377 g/mol. The minimum Gasteiger partial charge on any atom is -0.391 e. The van der Waals surface area contributed by atoms with E-state index in [0.717, 1.165) is 5.56 Å². The molecule has 3 fully saturated rings. The van der Waals surface area contributed by atoms with E-state index < -0.39 is 18.2 Å². The number of halogens is 1. The highest BCUT2D eigenvalue weighted by molar-refractivity contribution is 5.98. The Hall–Kier alpha value is -2.78. The predicted octanol–water partition coefficient (Wildman–Crippen LogP) is -0.000400. The van der Waals surface area contributed by atoms with E-state index in [1.165, 1.54) is 15.6 Å². The fraction of sp³-hybridized carbons (Fsp3) is 0.450. The normalized spacial score (nSPS) is 27.3. The van der Waals surface area contributed by atoms with Crippen molar-refractivity contribution < 1.29 is 19.1 Å². The molecule has 0 radical (unpaired) electrons. The molecule has 0 aliphatic carbocycles. The van der Waals surface area contributed by atoms with Crippen molar-refractivity contribution in [1.82, 2.24) is 24.5 Å². The molecule has 1 N–H and O–H groups in total. The summed E-state index contributed by atoms with van der Waals surface area (Å²) in [4.78, 5) is 31.0. The second-order valence-corrected chi connectivity index (χ2v) is 7.92. The van der Waals surface area contributed by atoms with E-state index >= 15 is 0 Å². The summed E-state index contributed by atoms with van der Waals surface area (Å²) in [6, 6.07) is 5.42. The van der Waals surface area contributed by atoms with Crippen molar-refractivity contribution in [3.63, 3.8) is 0 Å². The van der Waals surface area contributed by atoms with Crippen LogP contribution < -0.4 is 0 Å². The summed E-state index contributed by atoms with van der Waals surface area (Å²) in [6.07, 6.45) is 3.17. The monoisotopic (exact) mass is 399 g/mol. The zero-order valence-electron chi connectivity index (χ0n) is 15.8. The first-order valence-corrected chi connectivity index (χ1v) is 9.81. The van der Waals surface area contributed by atoms with Crippen molar-refractivity contribution in [3.05, 3.63) is 48.0 Å². The SMILES string of the molecule is O=C1[C@@H]2C[C@@H](O)CN2C(=O)[C@H]2CN(Cc3cnn(-c4ccccc4F)c3)CCN12. The van der Waals surface area contributed by atoms with Crippen molar-refractivity contribution in [1.29, 1.82) is 0 Å². The van der Waals surface area contributed by atoms with Gasteiger partial charge in [0.2, 0.25) is 11.8 Å². The van der Waals surface area contributed by atoms with Crippen LogP contribution in [0.15, 0.2) is 36.7 Å². The molecule has 2 aromatic rings. The standard InChI is InChI=1S/C20H22FN5O3/c21-15-3-1-2-4-16(15)26-10-13(8-22-26)9-23-5-6-24-18(12-23)20(29)25-11-14(27)7-17(25)19(24)28/h1-4,8,10,14,17-18,27H,5-7,9,11-12H2/t14-,17+,18-/m1/s1. The maximum Gasteiger partial charge on any atom is 0.247 e. The quantitative estimate of drug-likeness (QED) is 0.786. The highest BCUT2D eigenvalue weighted by Crippen LogP contribution is 2.29. The van der Waals surface area contributed by atoms with Crippen LogP contribution in [-0.4, -0.2) is 85.8 Å². The summed E-state index contributed by atoms with van der Waals surface area (Å²) in [5, 5.41) is 14.1. The van der Waals surface area contributed by atoms with Gasteiger partial charge in [0, 0.05) is 50.9 Å². The Labute approximate surface area is 167 Å². The first-order valence-electron chi connectivity index (χ1n) is 9.81. The molecule has 29 heavy (non-hydrogen) atoms. The lowest BCUT2D eigenvalue weighted by Gasteiger charge is -2.47. The number of piperazine rings is 2. The molecule has 3 atom stereocenters. The number of benzene rings is 1. The maximum atomic E-state index is 14.0. The van der Waals surface area contributed by atoms with Gasteiger partial charge in [-0.05, 0) is 12.1 Å². The van der Waals surface area contributed by atoms with Crippen LogP contribution in [0.3, 0.4) is 0 Å². The summed E-state index contributed by atoms with van der Waals surface area (Å²) >= 11 is 0. The highest BCUT2D eigenvalue weighted by atomic mass is 19.1. The van der Waals surface area contributed by atoms with Crippen molar-refractivity contribution in [2.24, 2.45) is 0 Å². The lowest BCUT2D eigenvalue weighted by Crippen LogP contribution is -2.68. The van der Waals surface area contributed by atoms with Gasteiger partial charge >= 0.3 is 0 Å². The number of hydrogen-bond donors (Lipinski definition) is 1. The number of nitrogens with zero attached hydrogens (tertiary/aromatic N) is 5. The van der Waals surface area contributed by atoms with Gasteiger partial charge in [-0.2, -0.15) is 5.10 Å². The van der Waals surface area contributed by atoms with Gasteiger partial charge in [-0.15, -0.1) is 0 Å². The van der Waals surface area contributed by atoms with Crippen LogP contribution in [0.4, 0.5) is 4.39 Å². The molecule has 3 aliphatic rings. The predicted molar refractivity (Wildman–Crippen MR) is 100 cm³/mol. The number of hydrogen-bond acceptors (Lipinski definition) is 5. The van der Waals surface area contributed by atoms with E-state index in [4.69, 9.17) is 0 Å². The van der Waals surface area contributed by atoms with E-state index in [-0.39, 0.29) is 24.2 Å². The smallest absolute Gasteiger partial charge is 0.247 e. The second kappa shape index (κ2) is 6.93. The van der Waals surface area contributed by atoms with Crippen LogP contribution in [0.5, 0.6) is 0 Å². The number of fused-ring (bicyclic) bond motifs is 2. The van der Waals surface area contributed by atoms with Gasteiger partial charge in [0.05, 0.1) is 12.3 Å². The number of aliphatic hydroxyl groups is 1. The highest BCUT2D eigenvalue weighted by Gasteiger charge is 2.51. The van der Waals surface area contributed by atoms with Gasteiger partial charge in [0.1, 0.15) is 23.6 Å². The third-order valence-corrected chi connectivity index (χ3v) is 6.02. The molecule has 152 valence electrons. The van der Waals surface area contributed by atoms with Gasteiger partial charge < -0.3 is 14.9 Å². The van der Waals surface area contributed by atoms with Gasteiger partial charge in [-0.1, -0.05) is 12.1 Å². The second-order valence-electron chi connectivity index (χ2n) is 7.92. The van der Waals surface area contributed by atoms with Crippen molar-refractivity contribution in [2.75, 3.05) is 26.2 Å². The van der Waals surface area contributed by atoms with Crippen molar-refractivity contribution in [2.45, 2.75) is 31.2 Å². The van der Waals surface area contributed by atoms with Gasteiger partial charge in [-0.25, -0.2) is 9.07 Å². The zero-order valence-corrected chi connectivity index (χ0v) is 15.8. The van der Waals surface area contributed by atoms with E-state index in [1.807, 2.05) is 0 Å². The van der Waals surface area contributed by atoms with E-state index in [0.29, 0.717) is 38.3 Å². The van der Waals surface area contributed by atoms with Gasteiger partial charge in [0.15, 0.2) is 0 Å². The van der Waals surface area contributed by atoms with Crippen LogP contribution in [0.1, 0.15) is 12.0 Å². The van der Waals surface area contributed by atoms with Gasteiger partial charge in [0.25, 0.3) is 0 Å². The molecule has 3 saturated heterocycles. The molecule has 5 rings (SSSR count). The third-order valence-electron chi connectivity index (χ3n) is 6.02. The number of rotatable bonds is 3. The fourth-order valence-electron chi connectivity index (χ4n) is 4.60. The van der Waals surface area contributed by atoms with Crippen LogP contribution >= 0.6 is 0 Å². The number of carbonyl (C=O) groups excluding carboxylic acids is 2. The molecule has 4 heterocycles. The third kappa shape index (κ3) is 3.10. The molecular formula is C20H22FN5O3. The number of para-hydroxylation sites is 1. The Morgan fingerprint density at radius 1 is 1.07 bits per heavy atom. The number of amides is 2. The van der Waals surface area contributed by atoms with Crippen LogP contribution in [0.2, 0.25) is 0 Å². The summed E-state index contributed by atoms with van der Waals surface area (Å²) in [6.45, 7) is 2.36. The summed E-state index contributed by atoms with van der Waals surface area (Å²) < 4.78 is 15.5. The molecule has 3 aliphatic heterocycles. The molecule has 1 aromatic carbocycles. The lowest BCUT2D eigenvalue weighted by atomic mass is 10.0. The fourth-order valence-corrected chi connectivity index (χ4v) is 4.60. The number of aliphatic hydroxyl groups excluding tert-OH is 1. The Balaban J connectivity index is 1.30. The van der Waals surface area contributed by atoms with Crippen LogP contribution in [-0.2, 0) is 16.1 Å². The summed E-state index contributed by atoms with van der Waals surface area (Å²) in [5.74, 6) is -0.486. The zero-order chi connectivity index (χ0) is 20.1. The van der Waals surface area contributed by atoms with Crippen molar-refractivity contribution >= 4 is 11.8 Å². The van der Waals surface area contributed by atoms with E-state index in [9.17, 15) is 19.1 Å². The van der Waals surface area contributed by atoms with E-state index in [1.54, 1.807) is 35.5 Å². The minimum atomic E-state index is -0.630. The van der Waals surface area contributed by atoms with Crippen LogP contribution in [0.25, 0.3) is 5.69 Å². The Morgan fingerprint density at radius 3 is 2.69 bits per heavy atom. The number of carbonyl (C=O) groups is 2. The first kappa shape index (κ1) is 18.3. The van der Waals surface area contributed by atoms with Crippen molar-refractivity contribution in [3.8, 4) is 5.69 Å². The molecule has 0 unspecified atom stereocenters. The van der Waals surface area contributed by atoms with Crippen LogP contribution in [0, 0.1) is 5.82 Å². The number of aromatic nitrogens is 2. The Kier molecular flexibility index (Phi) is 4.36. The minimum absolute atomic E-state index is 0.0572. The largest absolute Gasteiger partial charge is 0.391 e. The Bertz CT molecular complexity index is 963.